The number of rotatable bonds is 4. The van der Waals surface area contributed by atoms with Crippen LogP contribution in [0.1, 0.15) is 24.5 Å². The fourth-order valence-corrected chi connectivity index (χ4v) is 3.89. The number of hydrogen-bond acceptors (Lipinski definition) is 2. The average Bonchev–Trinajstić information content (AvgIpc) is 3.37. The number of benzene rings is 2. The minimum Gasteiger partial charge on any atom is -0.352 e. The molecule has 1 heterocycles. The summed E-state index contributed by atoms with van der Waals surface area (Å²) in [6, 6.07) is 15.6. The van der Waals surface area contributed by atoms with Gasteiger partial charge in [0.25, 0.3) is 0 Å². The first-order valence-electron chi connectivity index (χ1n) is 8.97. The fourth-order valence-electron chi connectivity index (χ4n) is 3.76. The summed E-state index contributed by atoms with van der Waals surface area (Å²) in [4.78, 5) is 27.2. The molecule has 3 unspecified atom stereocenters. The number of nitrogens with zero attached hydrogens (tertiary/aromatic N) is 1. The predicted molar refractivity (Wildman–Crippen MR) is 102 cm³/mol. The summed E-state index contributed by atoms with van der Waals surface area (Å²) >= 11 is 5.87. The highest BCUT2D eigenvalue weighted by molar-refractivity contribution is 6.30. The van der Waals surface area contributed by atoms with Gasteiger partial charge in [-0.2, -0.15) is 0 Å². The molecule has 1 aliphatic heterocycles. The first-order chi connectivity index (χ1) is 12.5. The number of carbonyl (C=O) groups is 2. The zero-order chi connectivity index (χ0) is 18.3. The zero-order valence-corrected chi connectivity index (χ0v) is 15.4. The van der Waals surface area contributed by atoms with E-state index in [1.165, 1.54) is 5.56 Å². The van der Waals surface area contributed by atoms with Crippen LogP contribution in [-0.2, 0) is 22.6 Å². The van der Waals surface area contributed by atoms with E-state index in [-0.39, 0.29) is 29.7 Å². The predicted octanol–water partition coefficient (Wildman–Crippen LogP) is 3.57. The number of anilines is 1. The molecule has 1 N–H and O–H groups in total. The van der Waals surface area contributed by atoms with E-state index in [1.807, 2.05) is 35.2 Å². The molecule has 0 radical (unpaired) electrons. The minimum atomic E-state index is -0.213. The van der Waals surface area contributed by atoms with E-state index in [0.717, 1.165) is 17.7 Å². The van der Waals surface area contributed by atoms with E-state index in [0.29, 0.717) is 18.0 Å². The number of nitrogens with one attached hydrogen (secondary N) is 1. The number of hydrogen-bond donors (Lipinski definition) is 1. The van der Waals surface area contributed by atoms with Crippen LogP contribution in [0.3, 0.4) is 0 Å². The van der Waals surface area contributed by atoms with Crippen LogP contribution < -0.4 is 10.2 Å². The molecule has 2 amide bonds. The van der Waals surface area contributed by atoms with Gasteiger partial charge < -0.3 is 10.2 Å². The first-order valence-corrected chi connectivity index (χ1v) is 9.35. The molecule has 5 heteroatoms. The van der Waals surface area contributed by atoms with Gasteiger partial charge in [0.15, 0.2) is 0 Å². The molecule has 1 fully saturated rings. The molecule has 2 aliphatic rings. The minimum absolute atomic E-state index is 0.0431. The lowest BCUT2D eigenvalue weighted by Gasteiger charge is -2.23. The molecule has 0 aromatic heterocycles. The molecule has 4 rings (SSSR count). The van der Waals surface area contributed by atoms with E-state index < -0.39 is 0 Å². The molecule has 4 nitrogen and oxygen atoms in total. The Bertz CT molecular complexity index is 849. The Morgan fingerprint density at radius 2 is 1.85 bits per heavy atom. The molecule has 3 atom stereocenters. The summed E-state index contributed by atoms with van der Waals surface area (Å²) in [7, 11) is 0. The SMILES string of the molecule is CC1Cc2ccccc2N1C(=O)C1CC1C(=O)NCc1ccc(Cl)cc1. The molecule has 26 heavy (non-hydrogen) atoms. The van der Waals surface area contributed by atoms with Crippen molar-refractivity contribution in [1.82, 2.24) is 5.32 Å². The van der Waals surface area contributed by atoms with E-state index in [9.17, 15) is 9.59 Å². The lowest BCUT2D eigenvalue weighted by molar-refractivity contribution is -0.126. The Morgan fingerprint density at radius 3 is 2.62 bits per heavy atom. The summed E-state index contributed by atoms with van der Waals surface area (Å²) in [5.74, 6) is -0.379. The topological polar surface area (TPSA) is 49.4 Å². The highest BCUT2D eigenvalue weighted by atomic mass is 35.5. The second-order valence-electron chi connectivity index (χ2n) is 7.18. The lowest BCUT2D eigenvalue weighted by Crippen LogP contribution is -2.38. The van der Waals surface area contributed by atoms with Crippen LogP contribution in [0.4, 0.5) is 5.69 Å². The molecule has 0 saturated heterocycles. The van der Waals surface area contributed by atoms with Crippen molar-refractivity contribution in [2.24, 2.45) is 11.8 Å². The van der Waals surface area contributed by atoms with Crippen LogP contribution in [0, 0.1) is 11.8 Å². The van der Waals surface area contributed by atoms with Gasteiger partial charge in [-0.25, -0.2) is 0 Å². The summed E-state index contributed by atoms with van der Waals surface area (Å²) in [5, 5.41) is 3.61. The van der Waals surface area contributed by atoms with Crippen LogP contribution in [0.15, 0.2) is 48.5 Å². The maximum absolute atomic E-state index is 12.9. The molecule has 2 aromatic carbocycles. The van der Waals surface area contributed by atoms with Crippen LogP contribution in [0.2, 0.25) is 5.02 Å². The standard InChI is InChI=1S/C21H21ClN2O2/c1-13-10-15-4-2-3-5-19(15)24(13)21(26)18-11-17(18)20(25)23-12-14-6-8-16(22)9-7-14/h2-9,13,17-18H,10-12H2,1H3,(H,23,25). The highest BCUT2D eigenvalue weighted by Gasteiger charge is 2.51. The Labute approximate surface area is 158 Å². The Kier molecular flexibility index (Phi) is 4.45. The number of fused-ring (bicyclic) bond motifs is 1. The smallest absolute Gasteiger partial charge is 0.231 e. The molecule has 0 bridgehead atoms. The van der Waals surface area contributed by atoms with Crippen LogP contribution in [0.5, 0.6) is 0 Å². The van der Waals surface area contributed by atoms with Crippen LogP contribution in [0.25, 0.3) is 0 Å². The molecule has 0 spiro atoms. The fraction of sp³-hybridized carbons (Fsp3) is 0.333. The molecular formula is C21H21ClN2O2. The Hall–Kier alpha value is -2.33. The number of carbonyl (C=O) groups excluding carboxylic acids is 2. The zero-order valence-electron chi connectivity index (χ0n) is 14.6. The van der Waals surface area contributed by atoms with Crippen molar-refractivity contribution in [1.29, 1.82) is 0 Å². The maximum Gasteiger partial charge on any atom is 0.231 e. The molecule has 2 aromatic rings. The van der Waals surface area contributed by atoms with Crippen molar-refractivity contribution < 1.29 is 9.59 Å². The van der Waals surface area contributed by atoms with Crippen molar-refractivity contribution >= 4 is 29.1 Å². The molecule has 1 saturated carbocycles. The first kappa shape index (κ1) is 17.1. The van der Waals surface area contributed by atoms with Gasteiger partial charge in [0.1, 0.15) is 0 Å². The van der Waals surface area contributed by atoms with Crippen molar-refractivity contribution in [3.63, 3.8) is 0 Å². The maximum atomic E-state index is 12.9. The molecule has 134 valence electrons. The van der Waals surface area contributed by atoms with Crippen molar-refractivity contribution in [3.8, 4) is 0 Å². The highest BCUT2D eigenvalue weighted by Crippen LogP contribution is 2.43. The van der Waals surface area contributed by atoms with Crippen molar-refractivity contribution in [3.05, 3.63) is 64.7 Å². The quantitative estimate of drug-likeness (QED) is 0.896. The average molecular weight is 369 g/mol. The van der Waals surface area contributed by atoms with Gasteiger partial charge in [0.2, 0.25) is 11.8 Å². The number of amides is 2. The van der Waals surface area contributed by atoms with Gasteiger partial charge in [0.05, 0.1) is 11.8 Å². The third kappa shape index (κ3) is 3.21. The van der Waals surface area contributed by atoms with Crippen molar-refractivity contribution in [2.45, 2.75) is 32.4 Å². The van der Waals surface area contributed by atoms with Gasteiger partial charge in [0, 0.05) is 23.3 Å². The largest absolute Gasteiger partial charge is 0.352 e. The van der Waals surface area contributed by atoms with E-state index in [1.54, 1.807) is 12.1 Å². The van der Waals surface area contributed by atoms with Crippen LogP contribution >= 0.6 is 11.6 Å². The summed E-state index contributed by atoms with van der Waals surface area (Å²) < 4.78 is 0. The monoisotopic (exact) mass is 368 g/mol. The van der Waals surface area contributed by atoms with Gasteiger partial charge in [-0.1, -0.05) is 41.9 Å². The second kappa shape index (κ2) is 6.76. The second-order valence-corrected chi connectivity index (χ2v) is 7.62. The molecular weight excluding hydrogens is 348 g/mol. The summed E-state index contributed by atoms with van der Waals surface area (Å²) in [5.41, 5.74) is 3.20. The van der Waals surface area contributed by atoms with Crippen LogP contribution in [-0.4, -0.2) is 17.9 Å². The van der Waals surface area contributed by atoms with Gasteiger partial charge in [-0.15, -0.1) is 0 Å². The summed E-state index contributed by atoms with van der Waals surface area (Å²) in [6.45, 7) is 2.52. The normalized spacial score (nSPS) is 23.5. The molecule has 1 aliphatic carbocycles. The Balaban J connectivity index is 1.36. The number of halogens is 1. The van der Waals surface area contributed by atoms with E-state index in [2.05, 4.69) is 18.3 Å². The van der Waals surface area contributed by atoms with Gasteiger partial charge >= 0.3 is 0 Å². The Morgan fingerprint density at radius 1 is 1.12 bits per heavy atom. The van der Waals surface area contributed by atoms with Crippen molar-refractivity contribution in [2.75, 3.05) is 4.90 Å². The summed E-state index contributed by atoms with van der Waals surface area (Å²) in [6.07, 6.45) is 1.51. The lowest BCUT2D eigenvalue weighted by atomic mass is 10.1. The third-order valence-corrected chi connectivity index (χ3v) is 5.52. The number of para-hydroxylation sites is 1. The van der Waals surface area contributed by atoms with Gasteiger partial charge in [-0.3, -0.25) is 9.59 Å². The van der Waals surface area contributed by atoms with E-state index >= 15 is 0 Å². The van der Waals surface area contributed by atoms with E-state index in [4.69, 9.17) is 11.6 Å². The third-order valence-electron chi connectivity index (χ3n) is 5.27. The van der Waals surface area contributed by atoms with Gasteiger partial charge in [-0.05, 0) is 49.1 Å².